The standard InChI is InChI=1S/C10H15N3O2/c11-5-7-12-9(14)8(10(15)13-7)6-3-1-2-4-6/h6H,1-5,11H2,(H2,12,13,14,15). The van der Waals surface area contributed by atoms with Crippen molar-refractivity contribution < 1.29 is 5.11 Å². The van der Waals surface area contributed by atoms with Crippen molar-refractivity contribution in [2.45, 2.75) is 38.1 Å². The van der Waals surface area contributed by atoms with E-state index in [9.17, 15) is 9.90 Å². The fourth-order valence-corrected chi connectivity index (χ4v) is 2.20. The van der Waals surface area contributed by atoms with Gasteiger partial charge in [0.25, 0.3) is 5.56 Å². The number of H-pyrrole nitrogens is 1. The van der Waals surface area contributed by atoms with Crippen molar-refractivity contribution in [3.63, 3.8) is 0 Å². The van der Waals surface area contributed by atoms with Crippen LogP contribution in [0, 0.1) is 0 Å². The van der Waals surface area contributed by atoms with Gasteiger partial charge in [0.1, 0.15) is 5.82 Å². The first-order valence-electron chi connectivity index (χ1n) is 5.24. The smallest absolute Gasteiger partial charge is 0.258 e. The van der Waals surface area contributed by atoms with Gasteiger partial charge in [0.15, 0.2) is 0 Å². The van der Waals surface area contributed by atoms with Gasteiger partial charge in [0.2, 0.25) is 5.88 Å². The van der Waals surface area contributed by atoms with E-state index < -0.39 is 0 Å². The largest absolute Gasteiger partial charge is 0.493 e. The quantitative estimate of drug-likeness (QED) is 0.664. The average molecular weight is 209 g/mol. The molecule has 0 atom stereocenters. The molecule has 1 aromatic heterocycles. The molecule has 0 aliphatic heterocycles. The maximum atomic E-state index is 11.7. The van der Waals surface area contributed by atoms with Gasteiger partial charge in [-0.05, 0) is 18.8 Å². The van der Waals surface area contributed by atoms with Crippen molar-refractivity contribution in [3.05, 3.63) is 21.7 Å². The van der Waals surface area contributed by atoms with E-state index in [1.807, 2.05) is 0 Å². The second kappa shape index (κ2) is 4.02. The van der Waals surface area contributed by atoms with Crippen LogP contribution >= 0.6 is 0 Å². The molecule has 82 valence electrons. The number of hydrogen-bond acceptors (Lipinski definition) is 4. The summed E-state index contributed by atoms with van der Waals surface area (Å²) in [5, 5.41) is 9.68. The zero-order chi connectivity index (χ0) is 10.8. The number of hydrogen-bond donors (Lipinski definition) is 3. The van der Waals surface area contributed by atoms with E-state index in [1.165, 1.54) is 0 Å². The van der Waals surface area contributed by atoms with Crippen molar-refractivity contribution in [1.29, 1.82) is 0 Å². The van der Waals surface area contributed by atoms with E-state index in [0.717, 1.165) is 25.7 Å². The lowest BCUT2D eigenvalue weighted by Gasteiger charge is -2.10. The van der Waals surface area contributed by atoms with Crippen LogP contribution in [0.4, 0.5) is 0 Å². The third kappa shape index (κ3) is 1.87. The summed E-state index contributed by atoms with van der Waals surface area (Å²) in [5.74, 6) is 0.346. The fourth-order valence-electron chi connectivity index (χ4n) is 2.20. The maximum absolute atomic E-state index is 11.7. The number of aromatic hydroxyl groups is 1. The van der Waals surface area contributed by atoms with Gasteiger partial charge in [-0.3, -0.25) is 4.79 Å². The Labute approximate surface area is 87.4 Å². The summed E-state index contributed by atoms with van der Waals surface area (Å²) in [7, 11) is 0. The van der Waals surface area contributed by atoms with Crippen LogP contribution in [-0.4, -0.2) is 15.1 Å². The Morgan fingerprint density at radius 2 is 2.13 bits per heavy atom. The third-order valence-corrected chi connectivity index (χ3v) is 2.94. The monoisotopic (exact) mass is 209 g/mol. The predicted octanol–water partition coefficient (Wildman–Crippen LogP) is 0.592. The molecule has 0 amide bonds. The summed E-state index contributed by atoms with van der Waals surface area (Å²) in [6, 6.07) is 0. The Bertz CT molecular complexity index is 408. The molecule has 1 aromatic rings. The van der Waals surface area contributed by atoms with Gasteiger partial charge in [0.05, 0.1) is 12.1 Å². The first kappa shape index (κ1) is 10.2. The highest BCUT2D eigenvalue weighted by Crippen LogP contribution is 2.35. The molecule has 1 saturated carbocycles. The van der Waals surface area contributed by atoms with Gasteiger partial charge >= 0.3 is 0 Å². The molecule has 0 unspecified atom stereocenters. The van der Waals surface area contributed by atoms with Gasteiger partial charge < -0.3 is 15.8 Å². The first-order chi connectivity index (χ1) is 7.22. The number of aromatic amines is 1. The molecular formula is C10H15N3O2. The van der Waals surface area contributed by atoms with Crippen LogP contribution in [0.15, 0.2) is 4.79 Å². The third-order valence-electron chi connectivity index (χ3n) is 2.94. The van der Waals surface area contributed by atoms with Crippen molar-refractivity contribution in [2.24, 2.45) is 5.73 Å². The van der Waals surface area contributed by atoms with Gasteiger partial charge in [-0.25, -0.2) is 0 Å². The van der Waals surface area contributed by atoms with Crippen LogP contribution in [0.3, 0.4) is 0 Å². The second-order valence-corrected chi connectivity index (χ2v) is 3.94. The highest BCUT2D eigenvalue weighted by molar-refractivity contribution is 5.27. The number of nitrogens with two attached hydrogens (primary N) is 1. The van der Waals surface area contributed by atoms with E-state index in [0.29, 0.717) is 11.4 Å². The lowest BCUT2D eigenvalue weighted by Crippen LogP contribution is -2.20. The molecule has 5 heteroatoms. The minimum Gasteiger partial charge on any atom is -0.493 e. The van der Waals surface area contributed by atoms with E-state index in [4.69, 9.17) is 5.73 Å². The topological polar surface area (TPSA) is 92.0 Å². The van der Waals surface area contributed by atoms with E-state index in [1.54, 1.807) is 0 Å². The zero-order valence-electron chi connectivity index (χ0n) is 8.49. The maximum Gasteiger partial charge on any atom is 0.258 e. The van der Waals surface area contributed by atoms with Crippen molar-refractivity contribution >= 4 is 0 Å². The minimum absolute atomic E-state index is 0.133. The second-order valence-electron chi connectivity index (χ2n) is 3.94. The van der Waals surface area contributed by atoms with E-state index in [2.05, 4.69) is 9.97 Å². The normalized spacial score (nSPS) is 17.1. The van der Waals surface area contributed by atoms with Crippen LogP contribution in [0.5, 0.6) is 5.88 Å². The van der Waals surface area contributed by atoms with Crippen LogP contribution in [-0.2, 0) is 6.54 Å². The summed E-state index contributed by atoms with van der Waals surface area (Å²) < 4.78 is 0. The molecule has 1 heterocycles. The van der Waals surface area contributed by atoms with Crippen molar-refractivity contribution in [1.82, 2.24) is 9.97 Å². The highest BCUT2D eigenvalue weighted by Gasteiger charge is 2.24. The Morgan fingerprint density at radius 3 is 2.67 bits per heavy atom. The van der Waals surface area contributed by atoms with E-state index in [-0.39, 0.29) is 23.9 Å². The lowest BCUT2D eigenvalue weighted by atomic mass is 10.00. The molecule has 4 N–H and O–H groups in total. The Kier molecular flexibility index (Phi) is 2.73. The SMILES string of the molecule is NCc1nc(O)c(C2CCCC2)c(=O)[nH]1. The molecule has 1 aliphatic rings. The van der Waals surface area contributed by atoms with Gasteiger partial charge in [-0.1, -0.05) is 12.8 Å². The fraction of sp³-hybridized carbons (Fsp3) is 0.600. The molecule has 1 aliphatic carbocycles. The van der Waals surface area contributed by atoms with Crippen LogP contribution < -0.4 is 11.3 Å². The summed E-state index contributed by atoms with van der Waals surface area (Å²) in [6.07, 6.45) is 4.14. The number of aromatic nitrogens is 2. The van der Waals surface area contributed by atoms with Gasteiger partial charge in [-0.2, -0.15) is 4.98 Å². The van der Waals surface area contributed by atoms with E-state index >= 15 is 0 Å². The molecule has 1 fully saturated rings. The molecular weight excluding hydrogens is 194 g/mol. The number of nitrogens with zero attached hydrogens (tertiary/aromatic N) is 1. The van der Waals surface area contributed by atoms with Gasteiger partial charge in [0, 0.05) is 0 Å². The van der Waals surface area contributed by atoms with Crippen molar-refractivity contribution in [3.8, 4) is 5.88 Å². The number of nitrogens with one attached hydrogen (secondary N) is 1. The molecule has 0 aromatic carbocycles. The Balaban J connectivity index is 2.42. The predicted molar refractivity (Wildman–Crippen MR) is 55.6 cm³/mol. The summed E-state index contributed by atoms with van der Waals surface area (Å²) in [6.45, 7) is 0.133. The van der Waals surface area contributed by atoms with Crippen LogP contribution in [0.1, 0.15) is 43.0 Å². The minimum atomic E-state index is -0.241. The molecule has 2 rings (SSSR count). The average Bonchev–Trinajstić information content (AvgIpc) is 2.69. The Hall–Kier alpha value is -1.36. The van der Waals surface area contributed by atoms with Crippen molar-refractivity contribution in [2.75, 3.05) is 0 Å². The molecule has 0 saturated heterocycles. The van der Waals surface area contributed by atoms with Crippen LogP contribution in [0.25, 0.3) is 0 Å². The molecule has 5 nitrogen and oxygen atoms in total. The lowest BCUT2D eigenvalue weighted by molar-refractivity contribution is 0.432. The number of rotatable bonds is 2. The molecule has 0 radical (unpaired) electrons. The molecule has 0 spiro atoms. The highest BCUT2D eigenvalue weighted by atomic mass is 16.3. The summed E-state index contributed by atoms with van der Waals surface area (Å²) in [4.78, 5) is 18.2. The van der Waals surface area contributed by atoms with Gasteiger partial charge in [-0.15, -0.1) is 0 Å². The summed E-state index contributed by atoms with van der Waals surface area (Å²) in [5.41, 5.74) is 5.54. The first-order valence-corrected chi connectivity index (χ1v) is 5.24. The zero-order valence-corrected chi connectivity index (χ0v) is 8.49. The summed E-state index contributed by atoms with van der Waals surface area (Å²) >= 11 is 0. The van der Waals surface area contributed by atoms with Crippen LogP contribution in [0.2, 0.25) is 0 Å². The molecule has 15 heavy (non-hydrogen) atoms. The Morgan fingerprint density at radius 1 is 1.47 bits per heavy atom. The molecule has 0 bridgehead atoms.